The summed E-state index contributed by atoms with van der Waals surface area (Å²) < 4.78 is 0. The summed E-state index contributed by atoms with van der Waals surface area (Å²) in [6, 6.07) is 18.5. The largest absolute Gasteiger partial charge is 0.336 e. The third kappa shape index (κ3) is 4.45. The molecule has 2 rings (SSSR count). The second-order valence-electron chi connectivity index (χ2n) is 5.76. The third-order valence-corrected chi connectivity index (χ3v) is 3.62. The number of amides is 1. The highest BCUT2D eigenvalue weighted by molar-refractivity contribution is 5.79. The van der Waals surface area contributed by atoms with Crippen molar-refractivity contribution >= 4 is 5.91 Å². The van der Waals surface area contributed by atoms with Gasteiger partial charge in [0.15, 0.2) is 0 Å². The third-order valence-electron chi connectivity index (χ3n) is 3.62. The molecule has 0 aromatic heterocycles. The van der Waals surface area contributed by atoms with Crippen LogP contribution in [0.3, 0.4) is 0 Å². The fourth-order valence-corrected chi connectivity index (χ4v) is 2.32. The van der Waals surface area contributed by atoms with Crippen LogP contribution in [-0.4, -0.2) is 16.8 Å². The zero-order chi connectivity index (χ0) is 15.2. The minimum atomic E-state index is 0.178. The van der Waals surface area contributed by atoms with Crippen LogP contribution in [0.15, 0.2) is 54.6 Å². The lowest BCUT2D eigenvalue weighted by Gasteiger charge is -2.27. The van der Waals surface area contributed by atoms with Crippen LogP contribution in [0.25, 0.3) is 0 Å². The van der Waals surface area contributed by atoms with Gasteiger partial charge in [-0.25, -0.2) is 0 Å². The molecule has 0 unspecified atom stereocenters. The van der Waals surface area contributed by atoms with Crippen molar-refractivity contribution in [3.05, 3.63) is 71.3 Å². The van der Waals surface area contributed by atoms with Gasteiger partial charge in [0.2, 0.25) is 5.91 Å². The molecule has 0 aliphatic heterocycles. The quantitative estimate of drug-likeness (QED) is 0.812. The summed E-state index contributed by atoms with van der Waals surface area (Å²) in [5.41, 5.74) is 3.46. The van der Waals surface area contributed by atoms with Gasteiger partial charge in [-0.05, 0) is 31.9 Å². The summed E-state index contributed by atoms with van der Waals surface area (Å²) in [6.07, 6.45) is 0.464. The molecule has 0 fully saturated rings. The lowest BCUT2D eigenvalue weighted by molar-refractivity contribution is -0.132. The van der Waals surface area contributed by atoms with E-state index in [0.717, 1.165) is 5.56 Å². The smallest absolute Gasteiger partial charge is 0.227 e. The number of hydrogen-bond donors (Lipinski definition) is 0. The molecule has 21 heavy (non-hydrogen) atoms. The van der Waals surface area contributed by atoms with E-state index in [0.29, 0.717) is 13.0 Å². The van der Waals surface area contributed by atoms with E-state index in [1.807, 2.05) is 35.2 Å². The molecule has 0 radical (unpaired) electrons. The van der Waals surface area contributed by atoms with Gasteiger partial charge in [0.1, 0.15) is 0 Å². The molecule has 1 amide bonds. The molecule has 0 heterocycles. The monoisotopic (exact) mass is 281 g/mol. The molecule has 0 saturated carbocycles. The maximum atomic E-state index is 12.6. The van der Waals surface area contributed by atoms with Crippen molar-refractivity contribution in [2.45, 2.75) is 39.8 Å². The zero-order valence-corrected chi connectivity index (χ0v) is 13.0. The molecule has 0 aliphatic rings. The van der Waals surface area contributed by atoms with Gasteiger partial charge in [-0.3, -0.25) is 4.79 Å². The van der Waals surface area contributed by atoms with Crippen molar-refractivity contribution < 1.29 is 4.79 Å². The van der Waals surface area contributed by atoms with Gasteiger partial charge >= 0.3 is 0 Å². The Kier molecular flexibility index (Phi) is 5.15. The maximum Gasteiger partial charge on any atom is 0.227 e. The summed E-state index contributed by atoms with van der Waals surface area (Å²) in [5, 5.41) is 0. The highest BCUT2D eigenvalue weighted by atomic mass is 16.2. The molecule has 0 bridgehead atoms. The van der Waals surface area contributed by atoms with Crippen molar-refractivity contribution in [3.8, 4) is 0 Å². The predicted octanol–water partition coefficient (Wildman–Crippen LogP) is 3.97. The average Bonchev–Trinajstić information content (AvgIpc) is 2.48. The van der Waals surface area contributed by atoms with E-state index in [-0.39, 0.29) is 11.9 Å². The number of carbonyl (C=O) groups excluding carboxylic acids is 1. The van der Waals surface area contributed by atoms with Gasteiger partial charge in [-0.2, -0.15) is 0 Å². The molecule has 2 nitrogen and oxygen atoms in total. The maximum absolute atomic E-state index is 12.6. The van der Waals surface area contributed by atoms with Gasteiger partial charge in [0, 0.05) is 12.6 Å². The number of hydrogen-bond acceptors (Lipinski definition) is 1. The molecule has 0 spiro atoms. The molecule has 0 atom stereocenters. The van der Waals surface area contributed by atoms with Crippen LogP contribution in [-0.2, 0) is 17.8 Å². The van der Waals surface area contributed by atoms with Crippen LogP contribution in [0, 0.1) is 6.92 Å². The van der Waals surface area contributed by atoms with Gasteiger partial charge in [0.25, 0.3) is 0 Å². The van der Waals surface area contributed by atoms with Crippen molar-refractivity contribution in [2.75, 3.05) is 0 Å². The van der Waals surface area contributed by atoms with E-state index in [4.69, 9.17) is 0 Å². The Bertz CT molecular complexity index is 572. The number of benzene rings is 2. The second kappa shape index (κ2) is 7.07. The molecule has 0 aliphatic carbocycles. The molecular weight excluding hydrogens is 258 g/mol. The van der Waals surface area contributed by atoms with Crippen molar-refractivity contribution in [1.29, 1.82) is 0 Å². The van der Waals surface area contributed by atoms with Crippen LogP contribution in [0.4, 0.5) is 0 Å². The Morgan fingerprint density at radius 2 is 1.57 bits per heavy atom. The fraction of sp³-hybridized carbons (Fsp3) is 0.316. The number of nitrogens with zero attached hydrogens (tertiary/aromatic N) is 1. The molecular formula is C19H23NO. The number of aryl methyl sites for hydroxylation is 1. The number of carbonyl (C=O) groups is 1. The normalized spacial score (nSPS) is 10.7. The molecule has 2 aromatic carbocycles. The first-order chi connectivity index (χ1) is 10.1. The van der Waals surface area contributed by atoms with Crippen molar-refractivity contribution in [3.63, 3.8) is 0 Å². The van der Waals surface area contributed by atoms with E-state index in [1.54, 1.807) is 0 Å². The van der Waals surface area contributed by atoms with Crippen LogP contribution in [0.2, 0.25) is 0 Å². The minimum Gasteiger partial charge on any atom is -0.336 e. The Labute approximate surface area is 127 Å². The van der Waals surface area contributed by atoms with Crippen LogP contribution in [0.5, 0.6) is 0 Å². The topological polar surface area (TPSA) is 20.3 Å². The SMILES string of the molecule is Cc1ccc(CC(=O)N(Cc2ccccc2)C(C)C)cc1. The van der Waals surface area contributed by atoms with E-state index in [9.17, 15) is 4.79 Å². The van der Waals surface area contributed by atoms with Crippen molar-refractivity contribution in [2.24, 2.45) is 0 Å². The number of rotatable bonds is 5. The lowest BCUT2D eigenvalue weighted by atomic mass is 10.1. The Morgan fingerprint density at radius 1 is 0.952 bits per heavy atom. The predicted molar refractivity (Wildman–Crippen MR) is 87.0 cm³/mol. The van der Waals surface area contributed by atoms with Crippen molar-refractivity contribution in [1.82, 2.24) is 4.90 Å². The summed E-state index contributed by atoms with van der Waals surface area (Å²) >= 11 is 0. The Morgan fingerprint density at radius 3 is 2.14 bits per heavy atom. The van der Waals surface area contributed by atoms with E-state index >= 15 is 0 Å². The van der Waals surface area contributed by atoms with Crippen LogP contribution >= 0.6 is 0 Å². The first-order valence-electron chi connectivity index (χ1n) is 7.45. The van der Waals surface area contributed by atoms with E-state index in [2.05, 4.69) is 45.0 Å². The zero-order valence-electron chi connectivity index (χ0n) is 13.0. The minimum absolute atomic E-state index is 0.178. The van der Waals surface area contributed by atoms with Gasteiger partial charge in [-0.15, -0.1) is 0 Å². The fourth-order valence-electron chi connectivity index (χ4n) is 2.32. The van der Waals surface area contributed by atoms with Gasteiger partial charge in [0.05, 0.1) is 6.42 Å². The molecule has 2 heteroatoms. The summed E-state index contributed by atoms with van der Waals surface area (Å²) in [4.78, 5) is 14.5. The van der Waals surface area contributed by atoms with E-state index in [1.165, 1.54) is 11.1 Å². The summed E-state index contributed by atoms with van der Waals surface area (Å²) in [7, 11) is 0. The van der Waals surface area contributed by atoms with Gasteiger partial charge in [-0.1, -0.05) is 60.2 Å². The molecule has 110 valence electrons. The first-order valence-corrected chi connectivity index (χ1v) is 7.45. The van der Waals surface area contributed by atoms with E-state index < -0.39 is 0 Å². The highest BCUT2D eigenvalue weighted by Gasteiger charge is 2.17. The Hall–Kier alpha value is -2.09. The lowest BCUT2D eigenvalue weighted by Crippen LogP contribution is -2.37. The molecule has 0 N–H and O–H groups in total. The summed E-state index contributed by atoms with van der Waals surface area (Å²) in [6.45, 7) is 6.86. The standard InChI is InChI=1S/C19H23NO/c1-15(2)20(14-18-7-5-4-6-8-18)19(21)13-17-11-9-16(3)10-12-17/h4-12,15H,13-14H2,1-3H3. The first kappa shape index (κ1) is 15.3. The summed E-state index contributed by atoms with van der Waals surface area (Å²) in [5.74, 6) is 0.178. The molecule has 0 saturated heterocycles. The second-order valence-corrected chi connectivity index (χ2v) is 5.76. The highest BCUT2D eigenvalue weighted by Crippen LogP contribution is 2.12. The van der Waals surface area contributed by atoms with Gasteiger partial charge < -0.3 is 4.90 Å². The average molecular weight is 281 g/mol. The van der Waals surface area contributed by atoms with Crippen LogP contribution < -0.4 is 0 Å². The Balaban J connectivity index is 2.07. The molecule has 2 aromatic rings. The van der Waals surface area contributed by atoms with Crippen LogP contribution in [0.1, 0.15) is 30.5 Å².